The van der Waals surface area contributed by atoms with Crippen LogP contribution in [0, 0.1) is 6.92 Å². The Morgan fingerprint density at radius 3 is 2.24 bits per heavy atom. The van der Waals surface area contributed by atoms with Gasteiger partial charge < -0.3 is 14.7 Å². The molecule has 0 radical (unpaired) electrons. The van der Waals surface area contributed by atoms with Gasteiger partial charge in [-0.3, -0.25) is 0 Å². The van der Waals surface area contributed by atoms with Crippen molar-refractivity contribution in [3.8, 4) is 5.75 Å². The molecule has 118 valence electrons. The van der Waals surface area contributed by atoms with Gasteiger partial charge in [-0.15, -0.1) is 0 Å². The largest absolute Gasteiger partial charge is 0.506 e. The first kappa shape index (κ1) is 17.3. The minimum absolute atomic E-state index is 0.146. The van der Waals surface area contributed by atoms with E-state index in [1.807, 2.05) is 6.92 Å². The number of methoxy groups -OCH3 is 1. The van der Waals surface area contributed by atoms with E-state index in [4.69, 9.17) is 4.74 Å². The summed E-state index contributed by atoms with van der Waals surface area (Å²) in [7, 11) is 1.37. The van der Waals surface area contributed by atoms with Crippen LogP contribution in [-0.2, 0) is 4.74 Å². The number of aromatic hydroxyl groups is 1. The zero-order valence-corrected chi connectivity index (χ0v) is 13.6. The molecule has 0 amide bonds. The van der Waals surface area contributed by atoms with Crippen LogP contribution in [0.3, 0.4) is 0 Å². The maximum atomic E-state index is 12.1. The molecule has 0 heterocycles. The number of nitrogens with zero attached hydrogens (tertiary/aromatic N) is 1. The zero-order valence-electron chi connectivity index (χ0n) is 13.6. The second-order valence-electron chi connectivity index (χ2n) is 5.31. The van der Waals surface area contributed by atoms with E-state index in [0.29, 0.717) is 11.3 Å². The van der Waals surface area contributed by atoms with Crippen molar-refractivity contribution < 1.29 is 14.6 Å². The second-order valence-corrected chi connectivity index (χ2v) is 5.31. The van der Waals surface area contributed by atoms with Gasteiger partial charge in [0.25, 0.3) is 0 Å². The number of esters is 1. The molecule has 4 heteroatoms. The number of phenols is 1. The predicted molar refractivity (Wildman–Crippen MR) is 86.2 cm³/mol. The number of rotatable bonds is 8. The summed E-state index contributed by atoms with van der Waals surface area (Å²) in [5, 5.41) is 10.3. The highest BCUT2D eigenvalue weighted by atomic mass is 16.5. The maximum absolute atomic E-state index is 12.1. The van der Waals surface area contributed by atoms with E-state index in [-0.39, 0.29) is 5.75 Å². The molecular weight excluding hydrogens is 266 g/mol. The lowest BCUT2D eigenvalue weighted by atomic mass is 10.0. The van der Waals surface area contributed by atoms with Crippen LogP contribution in [0.4, 0.5) is 5.69 Å². The predicted octanol–water partition coefficient (Wildman–Crippen LogP) is 3.89. The van der Waals surface area contributed by atoms with Gasteiger partial charge in [-0.1, -0.05) is 32.8 Å². The number of ether oxygens (including phenoxy) is 1. The van der Waals surface area contributed by atoms with Crippen LogP contribution in [0.15, 0.2) is 12.1 Å². The van der Waals surface area contributed by atoms with Gasteiger partial charge >= 0.3 is 5.97 Å². The molecule has 0 aromatic heterocycles. The molecule has 1 N–H and O–H groups in total. The molecule has 0 atom stereocenters. The van der Waals surface area contributed by atoms with Crippen molar-refractivity contribution in [1.29, 1.82) is 0 Å². The van der Waals surface area contributed by atoms with Gasteiger partial charge in [-0.2, -0.15) is 0 Å². The molecule has 0 saturated carbocycles. The summed E-state index contributed by atoms with van der Waals surface area (Å²) >= 11 is 0. The number of aryl methyl sites for hydroxylation is 1. The van der Waals surface area contributed by atoms with E-state index < -0.39 is 5.97 Å². The molecule has 0 fully saturated rings. The number of benzene rings is 1. The highest BCUT2D eigenvalue weighted by Crippen LogP contribution is 2.34. The third-order valence-electron chi connectivity index (χ3n) is 3.63. The van der Waals surface area contributed by atoms with E-state index in [1.165, 1.54) is 7.11 Å². The van der Waals surface area contributed by atoms with Crippen molar-refractivity contribution >= 4 is 11.7 Å². The van der Waals surface area contributed by atoms with Crippen molar-refractivity contribution in [2.24, 2.45) is 0 Å². The van der Waals surface area contributed by atoms with Gasteiger partial charge in [0, 0.05) is 13.1 Å². The molecule has 0 spiro atoms. The number of hydrogen-bond acceptors (Lipinski definition) is 4. The molecule has 0 aliphatic heterocycles. The summed E-state index contributed by atoms with van der Waals surface area (Å²) < 4.78 is 4.90. The van der Waals surface area contributed by atoms with Gasteiger partial charge in [0.1, 0.15) is 5.75 Å². The molecule has 1 aromatic carbocycles. The summed E-state index contributed by atoms with van der Waals surface area (Å²) in [5.41, 5.74) is 1.92. The lowest BCUT2D eigenvalue weighted by Crippen LogP contribution is -2.28. The fourth-order valence-corrected chi connectivity index (χ4v) is 2.39. The van der Waals surface area contributed by atoms with Gasteiger partial charge in [0.15, 0.2) is 0 Å². The smallest absolute Gasteiger partial charge is 0.340 e. The average molecular weight is 293 g/mol. The first-order chi connectivity index (χ1) is 10.1. The summed E-state index contributed by atoms with van der Waals surface area (Å²) in [6, 6.07) is 3.41. The zero-order chi connectivity index (χ0) is 15.8. The van der Waals surface area contributed by atoms with E-state index in [9.17, 15) is 9.90 Å². The van der Waals surface area contributed by atoms with Gasteiger partial charge in [-0.05, 0) is 31.4 Å². The Hall–Kier alpha value is -1.71. The molecule has 0 aliphatic rings. The van der Waals surface area contributed by atoms with E-state index in [2.05, 4.69) is 18.7 Å². The molecule has 0 saturated heterocycles. The molecule has 1 rings (SSSR count). The van der Waals surface area contributed by atoms with Gasteiger partial charge in [0.05, 0.1) is 18.4 Å². The third-order valence-corrected chi connectivity index (χ3v) is 3.63. The second kappa shape index (κ2) is 8.55. The molecule has 4 nitrogen and oxygen atoms in total. The first-order valence-corrected chi connectivity index (χ1v) is 7.72. The van der Waals surface area contributed by atoms with Crippen LogP contribution in [0.1, 0.15) is 55.5 Å². The molecule has 0 unspecified atom stereocenters. The number of anilines is 1. The van der Waals surface area contributed by atoms with Gasteiger partial charge in [-0.25, -0.2) is 4.79 Å². The Balaban J connectivity index is 3.26. The summed E-state index contributed by atoms with van der Waals surface area (Å²) in [6.07, 6.45) is 4.20. The number of unbranched alkanes of at least 4 members (excludes halogenated alkanes) is 2. The van der Waals surface area contributed by atoms with Crippen molar-refractivity contribution in [3.63, 3.8) is 0 Å². The summed E-state index contributed by atoms with van der Waals surface area (Å²) in [5.74, 6) is -0.246. The fourth-order valence-electron chi connectivity index (χ4n) is 2.39. The molecular formula is C17H27NO3. The average Bonchev–Trinajstić information content (AvgIpc) is 2.49. The minimum Gasteiger partial charge on any atom is -0.506 e. The number of hydrogen-bond donors (Lipinski definition) is 1. The van der Waals surface area contributed by atoms with E-state index >= 15 is 0 Å². The Kier molecular flexibility index (Phi) is 7.06. The topological polar surface area (TPSA) is 49.8 Å². The van der Waals surface area contributed by atoms with Crippen LogP contribution >= 0.6 is 0 Å². The third kappa shape index (κ3) is 4.38. The Morgan fingerprint density at radius 2 is 1.76 bits per heavy atom. The number of carbonyl (C=O) groups excluding carboxylic acids is 1. The van der Waals surface area contributed by atoms with Crippen LogP contribution in [0.25, 0.3) is 0 Å². The minimum atomic E-state index is -0.392. The van der Waals surface area contributed by atoms with Crippen LogP contribution in [0.2, 0.25) is 0 Å². The quantitative estimate of drug-likeness (QED) is 0.739. The first-order valence-electron chi connectivity index (χ1n) is 7.72. The van der Waals surface area contributed by atoms with Gasteiger partial charge in [0.2, 0.25) is 0 Å². The van der Waals surface area contributed by atoms with Crippen molar-refractivity contribution in [2.45, 2.75) is 46.5 Å². The Labute approximate surface area is 127 Å². The monoisotopic (exact) mass is 293 g/mol. The van der Waals surface area contributed by atoms with E-state index in [1.54, 1.807) is 12.1 Å². The van der Waals surface area contributed by atoms with Crippen LogP contribution in [0.5, 0.6) is 5.75 Å². The lowest BCUT2D eigenvalue weighted by Gasteiger charge is -2.28. The van der Waals surface area contributed by atoms with Crippen LogP contribution in [-0.4, -0.2) is 31.3 Å². The highest BCUT2D eigenvalue weighted by molar-refractivity contribution is 5.99. The molecule has 0 bridgehead atoms. The Morgan fingerprint density at radius 1 is 1.19 bits per heavy atom. The Bertz CT molecular complexity index is 463. The molecule has 1 aromatic rings. The van der Waals surface area contributed by atoms with E-state index in [0.717, 1.165) is 44.3 Å². The number of phenolic OH excluding ortho intramolecular Hbond substituents is 1. The number of carbonyl (C=O) groups is 1. The molecule has 21 heavy (non-hydrogen) atoms. The standard InChI is InChI=1S/C17H27NO3/c1-5-7-11-18(12-8-6-2)16-14(19)10-9-13(3)15(16)17(20)21-4/h9-10,19H,5-8,11-12H2,1-4H3. The van der Waals surface area contributed by atoms with Crippen LogP contribution < -0.4 is 4.90 Å². The SMILES string of the molecule is CCCCN(CCCC)c1c(O)ccc(C)c1C(=O)OC. The normalized spacial score (nSPS) is 10.5. The highest BCUT2D eigenvalue weighted by Gasteiger charge is 2.22. The lowest BCUT2D eigenvalue weighted by molar-refractivity contribution is 0.0600. The maximum Gasteiger partial charge on any atom is 0.340 e. The van der Waals surface area contributed by atoms with Crippen molar-refractivity contribution in [1.82, 2.24) is 0 Å². The van der Waals surface area contributed by atoms with Crippen molar-refractivity contribution in [3.05, 3.63) is 23.3 Å². The molecule has 0 aliphatic carbocycles. The summed E-state index contributed by atoms with van der Waals surface area (Å²) in [4.78, 5) is 14.2. The fraction of sp³-hybridized carbons (Fsp3) is 0.588. The van der Waals surface area contributed by atoms with Crippen molar-refractivity contribution in [2.75, 3.05) is 25.1 Å². The summed E-state index contributed by atoms with van der Waals surface area (Å²) in [6.45, 7) is 7.80.